The molecule has 0 spiro atoms. The quantitative estimate of drug-likeness (QED) is 0.215. The van der Waals surface area contributed by atoms with E-state index in [1.54, 1.807) is 0 Å². The molecule has 5 saturated carbocycles. The Morgan fingerprint density at radius 2 is 1.28 bits per heavy atom. The third-order valence-electron chi connectivity index (χ3n) is 9.75. The fourth-order valence-electron chi connectivity index (χ4n) is 8.19. The van der Waals surface area contributed by atoms with Crippen LogP contribution in [0.25, 0.3) is 0 Å². The average Bonchev–Trinajstić information content (AvgIpc) is 2.89. The second-order valence-corrected chi connectivity index (χ2v) is 14.3. The van der Waals surface area contributed by atoms with E-state index >= 15 is 0 Å². The minimum absolute atomic E-state index is 0.122. The topological polar surface area (TPSA) is 127 Å². The summed E-state index contributed by atoms with van der Waals surface area (Å²) in [4.78, 5) is 25.1. The lowest BCUT2D eigenvalue weighted by Gasteiger charge is -2.56. The van der Waals surface area contributed by atoms with Crippen LogP contribution in [0.2, 0.25) is 0 Å². The monoisotopic (exact) mass is 642 g/mol. The molecule has 0 unspecified atom stereocenters. The van der Waals surface area contributed by atoms with Gasteiger partial charge in [0.2, 0.25) is 0 Å². The Bertz CT molecular complexity index is 1310. The third kappa shape index (κ3) is 6.26. The van der Waals surface area contributed by atoms with Crippen molar-refractivity contribution in [2.75, 3.05) is 6.61 Å². The number of rotatable bonds is 7. The molecule has 15 heteroatoms. The van der Waals surface area contributed by atoms with E-state index in [4.69, 9.17) is 9.47 Å². The highest BCUT2D eigenvalue weighted by molar-refractivity contribution is 7.85. The number of carbonyl (C=O) groups excluding carboxylic acids is 2. The second-order valence-electron chi connectivity index (χ2n) is 12.9. The maximum atomic E-state index is 13.2. The van der Waals surface area contributed by atoms with Gasteiger partial charge in [0.15, 0.2) is 0 Å². The zero-order valence-electron chi connectivity index (χ0n) is 22.9. The van der Waals surface area contributed by atoms with Crippen LogP contribution in [0.3, 0.4) is 0 Å². The van der Waals surface area contributed by atoms with E-state index in [0.29, 0.717) is 17.8 Å². The van der Waals surface area contributed by atoms with Crippen molar-refractivity contribution in [2.45, 2.75) is 93.2 Å². The molecule has 43 heavy (non-hydrogen) atoms. The van der Waals surface area contributed by atoms with Crippen LogP contribution in [0, 0.1) is 29.1 Å². The van der Waals surface area contributed by atoms with Gasteiger partial charge in [-0.2, -0.15) is 34.8 Å². The predicted molar refractivity (Wildman–Crippen MR) is 135 cm³/mol. The van der Waals surface area contributed by atoms with Crippen molar-refractivity contribution >= 4 is 22.1 Å². The molecule has 0 radical (unpaired) electrons. The largest absolute Gasteiger partial charge is 0.462 e. The highest BCUT2D eigenvalue weighted by Crippen LogP contribution is 2.60. The van der Waals surface area contributed by atoms with Gasteiger partial charge in [0.25, 0.3) is 15.7 Å². The molecule has 0 aromatic heterocycles. The highest BCUT2D eigenvalue weighted by atomic mass is 32.2. The Kier molecular flexibility index (Phi) is 8.11. The minimum atomic E-state index is -5.98. The van der Waals surface area contributed by atoms with Gasteiger partial charge in [-0.1, -0.05) is 0 Å². The highest BCUT2D eigenvalue weighted by Gasteiger charge is 2.73. The van der Waals surface area contributed by atoms with Gasteiger partial charge >= 0.3 is 24.3 Å². The summed E-state index contributed by atoms with van der Waals surface area (Å²) in [5, 5.41) is 9.65. The van der Waals surface area contributed by atoms with Gasteiger partial charge in [-0.05, 0) is 100 Å². The SMILES string of the molecule is O=C(OCC12CC3CC(CC(C3)C1)C2)c1cc(C(=O)OC2CCC(C(O)(C(F)(F)F)C(F)(F)F)CC2)cc(S(=O)(=O)O)c1. The van der Waals surface area contributed by atoms with E-state index in [1.807, 2.05) is 0 Å². The fourth-order valence-corrected chi connectivity index (χ4v) is 8.75. The normalized spacial score (nSPS) is 31.1. The Hall–Kier alpha value is -2.39. The molecule has 0 saturated heterocycles. The predicted octanol–water partition coefficient (Wildman–Crippen LogP) is 5.88. The number of esters is 2. The van der Waals surface area contributed by atoms with Crippen LogP contribution >= 0.6 is 0 Å². The first-order chi connectivity index (χ1) is 19.8. The number of hydrogen-bond donors (Lipinski definition) is 2. The average molecular weight is 643 g/mol. The van der Waals surface area contributed by atoms with E-state index < -0.39 is 88.2 Å². The van der Waals surface area contributed by atoms with Gasteiger partial charge in [0, 0.05) is 11.3 Å². The van der Waals surface area contributed by atoms with Gasteiger partial charge in [0.05, 0.1) is 22.6 Å². The van der Waals surface area contributed by atoms with Gasteiger partial charge in [-0.25, -0.2) is 9.59 Å². The summed E-state index contributed by atoms with van der Waals surface area (Å²) < 4.78 is 124. The number of ether oxygens (including phenoxy) is 2. The van der Waals surface area contributed by atoms with Crippen molar-refractivity contribution in [3.05, 3.63) is 29.3 Å². The Labute approximate surface area is 243 Å². The van der Waals surface area contributed by atoms with E-state index in [1.165, 1.54) is 19.3 Å². The van der Waals surface area contributed by atoms with E-state index in [2.05, 4.69) is 0 Å². The number of benzene rings is 1. The summed E-state index contributed by atoms with van der Waals surface area (Å²) in [6, 6.07) is 2.58. The molecule has 5 aliphatic carbocycles. The van der Waals surface area contributed by atoms with Crippen LogP contribution in [0.4, 0.5) is 26.3 Å². The molecular weight excluding hydrogens is 610 g/mol. The molecular formula is C28H32F6O8S. The van der Waals surface area contributed by atoms with Crippen LogP contribution < -0.4 is 0 Å². The molecule has 2 N–H and O–H groups in total. The molecule has 0 atom stereocenters. The molecule has 5 aliphatic rings. The number of halogens is 6. The van der Waals surface area contributed by atoms with Crippen LogP contribution in [-0.4, -0.2) is 60.7 Å². The number of hydrogen-bond acceptors (Lipinski definition) is 7. The van der Waals surface area contributed by atoms with Crippen LogP contribution in [-0.2, 0) is 19.6 Å². The van der Waals surface area contributed by atoms with Crippen LogP contribution in [0.15, 0.2) is 23.1 Å². The lowest BCUT2D eigenvalue weighted by Crippen LogP contribution is -2.62. The molecule has 5 fully saturated rings. The van der Waals surface area contributed by atoms with Gasteiger partial charge < -0.3 is 14.6 Å². The lowest BCUT2D eigenvalue weighted by molar-refractivity contribution is -0.387. The molecule has 1 aromatic carbocycles. The van der Waals surface area contributed by atoms with Crippen molar-refractivity contribution in [2.24, 2.45) is 29.1 Å². The van der Waals surface area contributed by atoms with E-state index in [9.17, 15) is 54.0 Å². The number of alkyl halides is 6. The van der Waals surface area contributed by atoms with E-state index in [-0.39, 0.29) is 17.6 Å². The summed E-state index contributed by atoms with van der Waals surface area (Å²) in [6.45, 7) is 0.122. The Morgan fingerprint density at radius 3 is 1.72 bits per heavy atom. The first-order valence-corrected chi connectivity index (χ1v) is 15.6. The molecule has 4 bridgehead atoms. The summed E-state index contributed by atoms with van der Waals surface area (Å²) >= 11 is 0. The Morgan fingerprint density at radius 1 is 0.814 bits per heavy atom. The van der Waals surface area contributed by atoms with Crippen LogP contribution in [0.1, 0.15) is 84.9 Å². The minimum Gasteiger partial charge on any atom is -0.462 e. The standard InChI is InChI=1S/C28H32F6O8S/c29-27(30,31)26(37,28(32,33)34)20-1-3-21(4-2-20)42-24(36)19-8-18(9-22(10-19)43(38,39)40)23(35)41-14-25-11-15-5-16(12-25)7-17(6-15)13-25/h8-10,15-17,20-21,37H,1-7,11-14H2,(H,38,39,40). The zero-order valence-corrected chi connectivity index (χ0v) is 23.7. The molecule has 8 nitrogen and oxygen atoms in total. The van der Waals surface area contributed by atoms with Gasteiger partial charge in [-0.15, -0.1) is 0 Å². The smallest absolute Gasteiger partial charge is 0.426 e. The summed E-state index contributed by atoms with van der Waals surface area (Å²) in [6.07, 6.45) is -9.21. The Balaban J connectivity index is 1.27. The summed E-state index contributed by atoms with van der Waals surface area (Å²) in [5.74, 6) is -2.60. The first kappa shape index (κ1) is 32.0. The molecule has 0 aliphatic heterocycles. The van der Waals surface area contributed by atoms with Crippen molar-refractivity contribution in [3.8, 4) is 0 Å². The van der Waals surface area contributed by atoms with Crippen LogP contribution in [0.5, 0.6) is 0 Å². The number of aliphatic hydroxyl groups is 1. The second kappa shape index (κ2) is 10.9. The molecule has 0 amide bonds. The zero-order chi connectivity index (χ0) is 31.6. The van der Waals surface area contributed by atoms with Crippen molar-refractivity contribution in [3.63, 3.8) is 0 Å². The number of carbonyl (C=O) groups is 2. The van der Waals surface area contributed by atoms with Crippen molar-refractivity contribution < 1.29 is 63.5 Å². The lowest BCUT2D eigenvalue weighted by atomic mass is 9.50. The summed E-state index contributed by atoms with van der Waals surface area (Å²) in [5.41, 5.74) is -5.92. The van der Waals surface area contributed by atoms with E-state index in [0.717, 1.165) is 37.5 Å². The van der Waals surface area contributed by atoms with Gasteiger partial charge in [0.1, 0.15) is 6.10 Å². The molecule has 0 heterocycles. The molecule has 240 valence electrons. The molecule has 1 aromatic rings. The molecule has 6 rings (SSSR count). The van der Waals surface area contributed by atoms with Crippen molar-refractivity contribution in [1.29, 1.82) is 0 Å². The third-order valence-corrected chi connectivity index (χ3v) is 10.6. The fraction of sp³-hybridized carbons (Fsp3) is 0.714. The van der Waals surface area contributed by atoms with Gasteiger partial charge in [-0.3, -0.25) is 4.55 Å². The summed E-state index contributed by atoms with van der Waals surface area (Å²) in [7, 11) is -4.91. The maximum Gasteiger partial charge on any atom is 0.426 e. The first-order valence-electron chi connectivity index (χ1n) is 14.2. The maximum absolute atomic E-state index is 13.2. The van der Waals surface area contributed by atoms with Crippen molar-refractivity contribution in [1.82, 2.24) is 0 Å².